The van der Waals surface area contributed by atoms with E-state index in [0.29, 0.717) is 0 Å². The highest BCUT2D eigenvalue weighted by Crippen LogP contribution is 2.24. The van der Waals surface area contributed by atoms with Gasteiger partial charge in [-0.2, -0.15) is 0 Å². The molecular formula is CH7B2OP. The largest absolute Gasteiger partial charge is 0.345 e. The summed E-state index contributed by atoms with van der Waals surface area (Å²) in [5.41, 5.74) is 0. The third-order valence-corrected chi connectivity index (χ3v) is 0. The molecule has 0 aromatic rings. The van der Waals surface area contributed by atoms with Crippen molar-refractivity contribution >= 4 is 22.0 Å². The minimum Gasteiger partial charge on any atom is -0.345 e. The van der Waals surface area contributed by atoms with Gasteiger partial charge in [-0.3, -0.25) is 0 Å². The van der Waals surface area contributed by atoms with Crippen molar-refractivity contribution in [3.63, 3.8) is 0 Å². The van der Waals surface area contributed by atoms with Gasteiger partial charge in [-0.1, -0.05) is 0 Å². The van der Waals surface area contributed by atoms with E-state index in [9.17, 15) is 4.57 Å². The van der Waals surface area contributed by atoms with Crippen LogP contribution >= 0.6 is 6.90 Å². The fourth-order valence-corrected chi connectivity index (χ4v) is 0. The molecule has 0 amide bonds. The zero-order chi connectivity index (χ0) is 4.50. The molecule has 0 N–H and O–H groups in total. The summed E-state index contributed by atoms with van der Waals surface area (Å²) in [4.78, 5) is 0. The average Bonchev–Trinajstić information content (AvgIpc) is 0.722. The second-order valence-electron chi connectivity index (χ2n) is 1.89. The van der Waals surface area contributed by atoms with Crippen LogP contribution in [0.4, 0.5) is 0 Å². The first-order valence-corrected chi connectivity index (χ1v) is 4.57. The first-order chi connectivity index (χ1) is 2.00. The summed E-state index contributed by atoms with van der Waals surface area (Å²) in [6.45, 7) is 0.104. The molecular weight excluding hydrogens is 80.6 g/mol. The lowest BCUT2D eigenvalue weighted by atomic mass is 10.7. The van der Waals surface area contributed by atoms with Gasteiger partial charge in [-0.05, 0) is 6.66 Å². The number of rotatable bonds is 0. The fourth-order valence-electron chi connectivity index (χ4n) is 0. The zero-order valence-corrected chi connectivity index (χ0v) is 4.75. The Balaban J connectivity index is 3.47. The standard InChI is InChI=1S/CH7B2OP/c1-5(2,3)4/h2-3H2,1H3. The Kier molecular flexibility index (Phi) is 1.30. The Bertz CT molecular complexity index is 55.8. The minimum atomic E-state index is -1.64. The molecule has 0 aliphatic carbocycles. The van der Waals surface area contributed by atoms with Crippen molar-refractivity contribution in [1.29, 1.82) is 0 Å². The number of hydrogen-bond donors (Lipinski definition) is 0. The zero-order valence-electron chi connectivity index (χ0n) is 3.86. The molecule has 0 saturated carbocycles. The fraction of sp³-hybridized carbons (Fsp3) is 1.00. The van der Waals surface area contributed by atoms with Gasteiger partial charge in [-0.15, -0.1) is 0 Å². The van der Waals surface area contributed by atoms with E-state index in [-0.39, 0.29) is 0 Å². The Morgan fingerprint density at radius 3 is 1.60 bits per heavy atom. The molecule has 0 aromatic carbocycles. The molecule has 0 aromatic heterocycles. The maximum atomic E-state index is 10.2. The highest BCUT2D eigenvalue weighted by atomic mass is 31.2. The molecule has 0 atom stereocenters. The van der Waals surface area contributed by atoms with Crippen LogP contribution in [0.5, 0.6) is 0 Å². The summed E-state index contributed by atoms with van der Waals surface area (Å²) < 4.78 is 10.2. The Hall–Kier alpha value is 0.360. The molecule has 0 aliphatic heterocycles. The van der Waals surface area contributed by atoms with Gasteiger partial charge in [0.2, 0.25) is 0 Å². The monoisotopic (exact) mass is 88.0 g/mol. The average molecular weight is 87.7 g/mol. The van der Waals surface area contributed by atoms with Crippen LogP contribution in [0.25, 0.3) is 0 Å². The molecule has 5 heavy (non-hydrogen) atoms. The van der Waals surface area contributed by atoms with Crippen molar-refractivity contribution in [1.82, 2.24) is 0 Å². The molecule has 0 rings (SSSR count). The minimum absolute atomic E-state index is 1.64. The van der Waals surface area contributed by atoms with E-state index in [1.807, 2.05) is 0 Å². The van der Waals surface area contributed by atoms with E-state index >= 15 is 0 Å². The highest BCUT2D eigenvalue weighted by molar-refractivity contribution is 8.05. The van der Waals surface area contributed by atoms with Crippen molar-refractivity contribution in [3.8, 4) is 0 Å². The Morgan fingerprint density at radius 1 is 1.60 bits per heavy atom. The molecule has 4 heteroatoms. The van der Waals surface area contributed by atoms with Crippen LogP contribution in [0.15, 0.2) is 0 Å². The van der Waals surface area contributed by atoms with Gasteiger partial charge in [-0.25, -0.2) is 0 Å². The van der Waals surface area contributed by atoms with Crippen molar-refractivity contribution in [2.75, 3.05) is 6.66 Å². The highest BCUT2D eigenvalue weighted by Gasteiger charge is 1.90. The first kappa shape index (κ1) is 5.36. The second-order valence-corrected chi connectivity index (χ2v) is 5.67. The van der Waals surface area contributed by atoms with E-state index < -0.39 is 6.90 Å². The first-order valence-electron chi connectivity index (χ1n) is 1.52. The van der Waals surface area contributed by atoms with E-state index in [1.54, 1.807) is 21.8 Å². The van der Waals surface area contributed by atoms with E-state index in [2.05, 4.69) is 0 Å². The normalized spacial score (nSPS) is 11.4. The molecule has 1 nitrogen and oxygen atoms in total. The molecule has 0 spiro atoms. The van der Waals surface area contributed by atoms with Gasteiger partial charge in [0.25, 0.3) is 0 Å². The molecule has 0 bridgehead atoms. The summed E-state index contributed by atoms with van der Waals surface area (Å²) in [6, 6.07) is 0. The summed E-state index contributed by atoms with van der Waals surface area (Å²) in [5, 5.41) is 0. The van der Waals surface area contributed by atoms with E-state index in [4.69, 9.17) is 0 Å². The van der Waals surface area contributed by atoms with Crippen LogP contribution in [0.3, 0.4) is 0 Å². The Morgan fingerprint density at radius 2 is 1.60 bits per heavy atom. The molecule has 0 radical (unpaired) electrons. The molecule has 0 fully saturated rings. The smallest absolute Gasteiger partial charge is 0.170 e. The molecule has 0 aliphatic rings. The van der Waals surface area contributed by atoms with Crippen LogP contribution in [0.2, 0.25) is 0 Å². The summed E-state index contributed by atoms with van der Waals surface area (Å²) in [6.07, 6.45) is 0. The molecule has 0 unspecified atom stereocenters. The van der Waals surface area contributed by atoms with Gasteiger partial charge in [0, 0.05) is 6.90 Å². The van der Waals surface area contributed by atoms with Crippen LogP contribution in [0, 0.1) is 0 Å². The van der Waals surface area contributed by atoms with E-state index in [1.165, 1.54) is 0 Å². The van der Waals surface area contributed by atoms with Gasteiger partial charge < -0.3 is 4.57 Å². The third kappa shape index (κ3) is 187. The van der Waals surface area contributed by atoms with Gasteiger partial charge in [0.05, 0.1) is 0 Å². The lowest BCUT2D eigenvalue weighted by Crippen LogP contribution is -1.68. The predicted molar refractivity (Wildman–Crippen MR) is 30.6 cm³/mol. The SMILES string of the molecule is BP(B)(C)=O. The van der Waals surface area contributed by atoms with Crippen molar-refractivity contribution in [2.24, 2.45) is 0 Å². The van der Waals surface area contributed by atoms with Crippen molar-refractivity contribution in [3.05, 3.63) is 0 Å². The lowest BCUT2D eigenvalue weighted by molar-refractivity contribution is 0.595. The number of hydrogen-bond acceptors (Lipinski definition) is 1. The second kappa shape index (κ2) is 1.22. The predicted octanol–water partition coefficient (Wildman–Crippen LogP) is -0.925. The topological polar surface area (TPSA) is 17.1 Å². The van der Waals surface area contributed by atoms with Crippen LogP contribution in [-0.2, 0) is 4.57 Å². The van der Waals surface area contributed by atoms with Gasteiger partial charge in [0.15, 0.2) is 15.1 Å². The van der Waals surface area contributed by atoms with Crippen LogP contribution < -0.4 is 0 Å². The lowest BCUT2D eigenvalue weighted by Gasteiger charge is -1.86. The van der Waals surface area contributed by atoms with Gasteiger partial charge >= 0.3 is 0 Å². The van der Waals surface area contributed by atoms with Crippen LogP contribution in [-0.4, -0.2) is 21.8 Å². The Labute approximate surface area is 34.2 Å². The van der Waals surface area contributed by atoms with Crippen LogP contribution in [0.1, 0.15) is 0 Å². The maximum absolute atomic E-state index is 10.2. The van der Waals surface area contributed by atoms with E-state index in [0.717, 1.165) is 0 Å². The van der Waals surface area contributed by atoms with Crippen molar-refractivity contribution < 1.29 is 4.57 Å². The quantitative estimate of drug-likeness (QED) is 0.276. The van der Waals surface area contributed by atoms with Crippen molar-refractivity contribution in [2.45, 2.75) is 0 Å². The third-order valence-electron chi connectivity index (χ3n) is 0. The summed E-state index contributed by atoms with van der Waals surface area (Å²) in [5.74, 6) is 0. The summed E-state index contributed by atoms with van der Waals surface area (Å²) >= 11 is 0. The molecule has 28 valence electrons. The molecule has 0 saturated heterocycles. The molecule has 0 heterocycles. The summed E-state index contributed by atoms with van der Waals surface area (Å²) in [7, 11) is 3.49. The van der Waals surface area contributed by atoms with Gasteiger partial charge in [0.1, 0.15) is 0 Å². The maximum Gasteiger partial charge on any atom is 0.170 e.